The molecule has 9 nitrogen and oxygen atoms in total. The van der Waals surface area contributed by atoms with Crippen molar-refractivity contribution in [3.63, 3.8) is 0 Å². The molecule has 0 unspecified atom stereocenters. The van der Waals surface area contributed by atoms with Crippen molar-refractivity contribution in [1.82, 2.24) is 4.98 Å². The first kappa shape index (κ1) is 19.3. The minimum atomic E-state index is -3.81. The molecule has 0 fully saturated rings. The second kappa shape index (κ2) is 8.41. The quantitative estimate of drug-likeness (QED) is 0.682. The van der Waals surface area contributed by atoms with Crippen molar-refractivity contribution in [2.75, 3.05) is 18.5 Å². The summed E-state index contributed by atoms with van der Waals surface area (Å²) in [6, 6.07) is 8.26. The van der Waals surface area contributed by atoms with Gasteiger partial charge in [-0.1, -0.05) is 0 Å². The molecule has 0 saturated heterocycles. The van der Waals surface area contributed by atoms with Gasteiger partial charge in [-0.05, 0) is 43.3 Å². The second-order valence-corrected chi connectivity index (χ2v) is 6.54. The zero-order chi connectivity index (χ0) is 19.2. The first-order chi connectivity index (χ1) is 12.3. The number of esters is 1. The van der Waals surface area contributed by atoms with E-state index in [0.717, 1.165) is 0 Å². The van der Waals surface area contributed by atoms with E-state index in [1.165, 1.54) is 36.5 Å². The SMILES string of the molecule is CCOc1ncccc1C(=O)OCC(=O)Nc1ccc(S(N)(=O)=O)cc1. The van der Waals surface area contributed by atoms with Crippen molar-refractivity contribution in [3.05, 3.63) is 48.2 Å². The number of pyridine rings is 1. The standard InChI is InChI=1S/C16H17N3O6S/c1-2-24-15-13(4-3-9-18-15)16(21)25-10-14(20)19-11-5-7-12(8-6-11)26(17,22)23/h3-9H,2,10H2,1H3,(H,19,20)(H2,17,22,23). The minimum absolute atomic E-state index is 0.0815. The fraction of sp³-hybridized carbons (Fsp3) is 0.188. The summed E-state index contributed by atoms with van der Waals surface area (Å²) in [7, 11) is -3.81. The van der Waals surface area contributed by atoms with Gasteiger partial charge >= 0.3 is 5.97 Å². The van der Waals surface area contributed by atoms with Crippen LogP contribution in [0.1, 0.15) is 17.3 Å². The van der Waals surface area contributed by atoms with Gasteiger partial charge in [0, 0.05) is 11.9 Å². The molecule has 0 aliphatic carbocycles. The number of sulfonamides is 1. The molecular formula is C16H17N3O6S. The normalized spacial score (nSPS) is 10.8. The van der Waals surface area contributed by atoms with Gasteiger partial charge in [-0.3, -0.25) is 4.79 Å². The van der Waals surface area contributed by atoms with E-state index in [9.17, 15) is 18.0 Å². The molecular weight excluding hydrogens is 362 g/mol. The lowest BCUT2D eigenvalue weighted by atomic mass is 10.3. The smallest absolute Gasteiger partial charge is 0.344 e. The topological polar surface area (TPSA) is 138 Å². The summed E-state index contributed by atoms with van der Waals surface area (Å²) in [5.74, 6) is -1.22. The molecule has 0 spiro atoms. The number of aromatic nitrogens is 1. The predicted molar refractivity (Wildman–Crippen MR) is 92.1 cm³/mol. The number of benzene rings is 1. The lowest BCUT2D eigenvalue weighted by Crippen LogP contribution is -2.21. The molecule has 2 aromatic rings. The third-order valence-electron chi connectivity index (χ3n) is 3.07. The average Bonchev–Trinajstić information content (AvgIpc) is 2.60. The number of primary sulfonamides is 1. The van der Waals surface area contributed by atoms with Crippen LogP contribution in [0.15, 0.2) is 47.5 Å². The Bertz CT molecular complexity index is 896. The van der Waals surface area contributed by atoms with Crippen LogP contribution >= 0.6 is 0 Å². The summed E-state index contributed by atoms with van der Waals surface area (Å²) in [5.41, 5.74) is 0.439. The zero-order valence-electron chi connectivity index (χ0n) is 13.8. The Hall–Kier alpha value is -2.98. The van der Waals surface area contributed by atoms with Crippen LogP contribution in [0.25, 0.3) is 0 Å². The van der Waals surface area contributed by atoms with E-state index in [1.807, 2.05) is 0 Å². The summed E-state index contributed by atoms with van der Waals surface area (Å²) in [6.07, 6.45) is 1.47. The fourth-order valence-corrected chi connectivity index (χ4v) is 2.45. The maximum Gasteiger partial charge on any atom is 0.344 e. The number of ether oxygens (including phenoxy) is 2. The summed E-state index contributed by atoms with van der Waals surface area (Å²) in [5, 5.41) is 7.46. The van der Waals surface area contributed by atoms with Crippen LogP contribution in [-0.2, 0) is 19.6 Å². The van der Waals surface area contributed by atoms with E-state index in [2.05, 4.69) is 10.3 Å². The Morgan fingerprint density at radius 1 is 1.19 bits per heavy atom. The van der Waals surface area contributed by atoms with Crippen LogP contribution in [0, 0.1) is 0 Å². The molecule has 0 radical (unpaired) electrons. The minimum Gasteiger partial charge on any atom is -0.477 e. The number of nitrogens with zero attached hydrogens (tertiary/aromatic N) is 1. The molecule has 0 atom stereocenters. The lowest BCUT2D eigenvalue weighted by molar-refractivity contribution is -0.119. The Morgan fingerprint density at radius 3 is 2.50 bits per heavy atom. The van der Waals surface area contributed by atoms with Crippen molar-refractivity contribution in [2.45, 2.75) is 11.8 Å². The first-order valence-corrected chi connectivity index (χ1v) is 9.03. The molecule has 1 aromatic heterocycles. The number of hydrogen-bond donors (Lipinski definition) is 2. The van der Waals surface area contributed by atoms with Gasteiger partial charge in [0.25, 0.3) is 5.91 Å². The van der Waals surface area contributed by atoms with Crippen molar-refractivity contribution >= 4 is 27.6 Å². The van der Waals surface area contributed by atoms with E-state index in [4.69, 9.17) is 14.6 Å². The van der Waals surface area contributed by atoms with Crippen molar-refractivity contribution in [2.24, 2.45) is 5.14 Å². The molecule has 0 bridgehead atoms. The van der Waals surface area contributed by atoms with Gasteiger partial charge in [0.05, 0.1) is 11.5 Å². The van der Waals surface area contributed by atoms with Gasteiger partial charge in [0.1, 0.15) is 5.56 Å². The molecule has 26 heavy (non-hydrogen) atoms. The lowest BCUT2D eigenvalue weighted by Gasteiger charge is -2.09. The Kier molecular flexibility index (Phi) is 6.26. The highest BCUT2D eigenvalue weighted by Gasteiger charge is 2.16. The van der Waals surface area contributed by atoms with Gasteiger partial charge in [0.15, 0.2) is 6.61 Å². The molecule has 1 heterocycles. The number of anilines is 1. The number of carbonyl (C=O) groups excluding carboxylic acids is 2. The Morgan fingerprint density at radius 2 is 1.88 bits per heavy atom. The van der Waals surface area contributed by atoms with Gasteiger partial charge < -0.3 is 14.8 Å². The third-order valence-corrected chi connectivity index (χ3v) is 4.00. The predicted octanol–water partition coefficient (Wildman–Crippen LogP) is 0.923. The molecule has 138 valence electrons. The maximum absolute atomic E-state index is 12.0. The Labute approximate surface area is 150 Å². The van der Waals surface area contributed by atoms with E-state index >= 15 is 0 Å². The largest absolute Gasteiger partial charge is 0.477 e. The number of nitrogens with two attached hydrogens (primary N) is 1. The fourth-order valence-electron chi connectivity index (χ4n) is 1.93. The average molecular weight is 379 g/mol. The molecule has 3 N–H and O–H groups in total. The van der Waals surface area contributed by atoms with Gasteiger partial charge in [-0.15, -0.1) is 0 Å². The van der Waals surface area contributed by atoms with Crippen LogP contribution in [0.2, 0.25) is 0 Å². The molecule has 0 saturated carbocycles. The van der Waals surface area contributed by atoms with E-state index in [1.54, 1.807) is 13.0 Å². The summed E-state index contributed by atoms with van der Waals surface area (Å²) >= 11 is 0. The highest BCUT2D eigenvalue weighted by atomic mass is 32.2. The Balaban J connectivity index is 1.93. The second-order valence-electron chi connectivity index (χ2n) is 4.98. The van der Waals surface area contributed by atoms with Gasteiger partial charge in [-0.25, -0.2) is 23.3 Å². The molecule has 1 amide bonds. The highest BCUT2D eigenvalue weighted by molar-refractivity contribution is 7.89. The van der Waals surface area contributed by atoms with Crippen molar-refractivity contribution < 1.29 is 27.5 Å². The third kappa shape index (κ3) is 5.26. The van der Waals surface area contributed by atoms with Gasteiger partial charge in [0.2, 0.25) is 15.9 Å². The molecule has 1 aromatic carbocycles. The first-order valence-electron chi connectivity index (χ1n) is 7.49. The highest BCUT2D eigenvalue weighted by Crippen LogP contribution is 2.16. The van der Waals surface area contributed by atoms with Crippen LogP contribution in [0.3, 0.4) is 0 Å². The number of amides is 1. The number of hydrogen-bond acceptors (Lipinski definition) is 7. The van der Waals surface area contributed by atoms with Crippen LogP contribution in [0.4, 0.5) is 5.69 Å². The van der Waals surface area contributed by atoms with Crippen LogP contribution in [-0.4, -0.2) is 38.5 Å². The molecule has 10 heteroatoms. The van der Waals surface area contributed by atoms with E-state index in [-0.39, 0.29) is 16.3 Å². The van der Waals surface area contributed by atoms with Gasteiger partial charge in [-0.2, -0.15) is 0 Å². The van der Waals surface area contributed by atoms with Crippen LogP contribution in [0.5, 0.6) is 5.88 Å². The number of rotatable bonds is 7. The monoisotopic (exact) mass is 379 g/mol. The van der Waals surface area contributed by atoms with E-state index in [0.29, 0.717) is 12.3 Å². The number of carbonyl (C=O) groups is 2. The summed E-state index contributed by atoms with van der Waals surface area (Å²) in [6.45, 7) is 1.54. The van der Waals surface area contributed by atoms with Crippen molar-refractivity contribution in [1.29, 1.82) is 0 Å². The van der Waals surface area contributed by atoms with Crippen LogP contribution < -0.4 is 15.2 Å². The van der Waals surface area contributed by atoms with E-state index < -0.39 is 28.5 Å². The zero-order valence-corrected chi connectivity index (χ0v) is 14.7. The molecule has 2 rings (SSSR count). The molecule has 0 aliphatic rings. The number of nitrogens with one attached hydrogen (secondary N) is 1. The summed E-state index contributed by atoms with van der Waals surface area (Å²) in [4.78, 5) is 27.8. The summed E-state index contributed by atoms with van der Waals surface area (Å²) < 4.78 is 32.5. The van der Waals surface area contributed by atoms with Crippen molar-refractivity contribution in [3.8, 4) is 5.88 Å². The molecule has 0 aliphatic heterocycles. The maximum atomic E-state index is 12.0.